The zero-order chi connectivity index (χ0) is 15.0. The summed E-state index contributed by atoms with van der Waals surface area (Å²) in [4.78, 5) is 11.7. The fourth-order valence-electron chi connectivity index (χ4n) is 1.39. The lowest BCUT2D eigenvalue weighted by Crippen LogP contribution is -2.28. The summed E-state index contributed by atoms with van der Waals surface area (Å²) in [6, 6.07) is 0. The maximum Gasteiger partial charge on any atom is 0.412 e. The molecule has 0 spiro atoms. The summed E-state index contributed by atoms with van der Waals surface area (Å²) < 4.78 is 5.09. The number of anilines is 6. The Labute approximate surface area is 111 Å². The topological polar surface area (TPSA) is 168 Å². The molecule has 8 nitrogen and oxygen atoms in total. The van der Waals surface area contributed by atoms with E-state index in [1.165, 1.54) is 0 Å². The average molecular weight is 268 g/mol. The van der Waals surface area contributed by atoms with Gasteiger partial charge in [-0.3, -0.25) is 5.32 Å². The minimum absolute atomic E-state index is 0.0510. The van der Waals surface area contributed by atoms with Crippen LogP contribution in [0.25, 0.3) is 0 Å². The number of amides is 1. The zero-order valence-electron chi connectivity index (χ0n) is 11.2. The molecular formula is C11H20N6O2. The largest absolute Gasteiger partial charge is 0.444 e. The summed E-state index contributed by atoms with van der Waals surface area (Å²) in [5.41, 5.74) is 28.3. The molecule has 0 saturated carbocycles. The van der Waals surface area contributed by atoms with E-state index >= 15 is 0 Å². The molecule has 0 heterocycles. The molecule has 0 saturated heterocycles. The minimum atomic E-state index is -0.713. The van der Waals surface area contributed by atoms with Crippen LogP contribution in [-0.4, -0.2) is 11.7 Å². The van der Waals surface area contributed by atoms with Crippen LogP contribution in [0.4, 0.5) is 38.9 Å². The molecule has 1 aromatic rings. The number of nitrogens with one attached hydrogen (secondary N) is 1. The van der Waals surface area contributed by atoms with Gasteiger partial charge in [-0.05, 0) is 20.8 Å². The first-order chi connectivity index (χ1) is 8.54. The molecule has 11 N–H and O–H groups in total. The van der Waals surface area contributed by atoms with E-state index in [1.807, 2.05) is 0 Å². The first-order valence-corrected chi connectivity index (χ1v) is 5.56. The van der Waals surface area contributed by atoms with Crippen molar-refractivity contribution >= 4 is 40.2 Å². The highest BCUT2D eigenvalue weighted by molar-refractivity contribution is 6.07. The molecule has 0 aliphatic heterocycles. The van der Waals surface area contributed by atoms with Crippen LogP contribution in [0.15, 0.2) is 0 Å². The van der Waals surface area contributed by atoms with Crippen molar-refractivity contribution in [1.29, 1.82) is 0 Å². The van der Waals surface area contributed by atoms with Gasteiger partial charge < -0.3 is 33.4 Å². The Morgan fingerprint density at radius 3 is 1.63 bits per heavy atom. The number of nitrogen functional groups attached to an aromatic ring is 5. The Morgan fingerprint density at radius 2 is 1.26 bits per heavy atom. The van der Waals surface area contributed by atoms with Crippen molar-refractivity contribution in [3.63, 3.8) is 0 Å². The van der Waals surface area contributed by atoms with Crippen molar-refractivity contribution in [2.45, 2.75) is 26.4 Å². The van der Waals surface area contributed by atoms with Gasteiger partial charge in [-0.25, -0.2) is 4.79 Å². The van der Waals surface area contributed by atoms with Crippen LogP contribution in [0.3, 0.4) is 0 Å². The molecule has 1 rings (SSSR count). The Balaban J connectivity index is 3.13. The van der Waals surface area contributed by atoms with Gasteiger partial charge >= 0.3 is 6.09 Å². The highest BCUT2D eigenvalue weighted by Crippen LogP contribution is 2.42. The highest BCUT2D eigenvalue weighted by Gasteiger charge is 2.21. The third-order valence-corrected chi connectivity index (χ3v) is 2.33. The first kappa shape index (κ1) is 14.6. The Morgan fingerprint density at radius 1 is 0.895 bits per heavy atom. The predicted octanol–water partition coefficient (Wildman–Crippen LogP) is 0.945. The smallest absolute Gasteiger partial charge is 0.412 e. The molecule has 0 fully saturated rings. The van der Waals surface area contributed by atoms with Crippen molar-refractivity contribution in [1.82, 2.24) is 0 Å². The van der Waals surface area contributed by atoms with Gasteiger partial charge in [0, 0.05) is 0 Å². The number of hydrogen-bond donors (Lipinski definition) is 6. The van der Waals surface area contributed by atoms with Gasteiger partial charge in [0.2, 0.25) is 0 Å². The molecule has 0 aromatic heterocycles. The number of rotatable bonds is 1. The lowest BCUT2D eigenvalue weighted by molar-refractivity contribution is 0.0636. The molecule has 0 aliphatic rings. The molecule has 8 heteroatoms. The molecular weight excluding hydrogens is 248 g/mol. The van der Waals surface area contributed by atoms with Gasteiger partial charge in [-0.15, -0.1) is 0 Å². The van der Waals surface area contributed by atoms with Gasteiger partial charge in [0.25, 0.3) is 0 Å². The summed E-state index contributed by atoms with van der Waals surface area (Å²) in [6.45, 7) is 5.18. The molecule has 19 heavy (non-hydrogen) atoms. The fraction of sp³-hybridized carbons (Fsp3) is 0.364. The average Bonchev–Trinajstić information content (AvgIpc) is 2.27. The van der Waals surface area contributed by atoms with E-state index < -0.39 is 11.7 Å². The monoisotopic (exact) mass is 268 g/mol. The van der Waals surface area contributed by atoms with Gasteiger partial charge in [0.05, 0.1) is 34.1 Å². The second kappa shape index (κ2) is 4.63. The Hall–Kier alpha value is -2.51. The highest BCUT2D eigenvalue weighted by atomic mass is 16.6. The summed E-state index contributed by atoms with van der Waals surface area (Å²) in [7, 11) is 0. The van der Waals surface area contributed by atoms with Crippen LogP contribution >= 0.6 is 0 Å². The summed E-state index contributed by atoms with van der Waals surface area (Å²) >= 11 is 0. The maximum atomic E-state index is 11.7. The Bertz CT molecular complexity index is 492. The molecule has 0 radical (unpaired) electrons. The number of nitrogens with two attached hydrogens (primary N) is 5. The van der Waals surface area contributed by atoms with Crippen LogP contribution in [0, 0.1) is 0 Å². The van der Waals surface area contributed by atoms with Crippen molar-refractivity contribution in [3.05, 3.63) is 0 Å². The molecule has 106 valence electrons. The molecule has 0 atom stereocenters. The lowest BCUT2D eigenvalue weighted by Gasteiger charge is -2.22. The lowest BCUT2D eigenvalue weighted by atomic mass is 10.1. The van der Waals surface area contributed by atoms with Crippen molar-refractivity contribution in [2.75, 3.05) is 34.0 Å². The summed E-state index contributed by atoms with van der Waals surface area (Å²) in [5.74, 6) is 0. The van der Waals surface area contributed by atoms with E-state index in [1.54, 1.807) is 20.8 Å². The van der Waals surface area contributed by atoms with Crippen LogP contribution in [0.1, 0.15) is 20.8 Å². The van der Waals surface area contributed by atoms with E-state index in [2.05, 4.69) is 5.32 Å². The summed E-state index contributed by atoms with van der Waals surface area (Å²) in [5, 5.41) is 2.42. The number of benzene rings is 1. The molecule has 1 amide bonds. The number of carbonyl (C=O) groups is 1. The van der Waals surface area contributed by atoms with E-state index in [9.17, 15) is 4.79 Å². The second-order valence-electron chi connectivity index (χ2n) is 5.07. The van der Waals surface area contributed by atoms with Crippen LogP contribution in [-0.2, 0) is 4.74 Å². The normalized spacial score (nSPS) is 11.1. The van der Waals surface area contributed by atoms with Gasteiger partial charge in [-0.2, -0.15) is 0 Å². The molecule has 0 aliphatic carbocycles. The predicted molar refractivity (Wildman–Crippen MR) is 78.4 cm³/mol. The van der Waals surface area contributed by atoms with Crippen LogP contribution in [0.2, 0.25) is 0 Å². The van der Waals surface area contributed by atoms with E-state index in [0.717, 1.165) is 0 Å². The van der Waals surface area contributed by atoms with Crippen molar-refractivity contribution in [2.24, 2.45) is 0 Å². The molecule has 0 unspecified atom stereocenters. The zero-order valence-corrected chi connectivity index (χ0v) is 11.2. The van der Waals surface area contributed by atoms with Crippen LogP contribution in [0.5, 0.6) is 0 Å². The molecule has 0 bridgehead atoms. The quantitative estimate of drug-likeness (QED) is 0.412. The molecule has 1 aromatic carbocycles. The van der Waals surface area contributed by atoms with Gasteiger partial charge in [0.1, 0.15) is 5.60 Å². The SMILES string of the molecule is CC(C)(C)OC(=O)Nc1c(N)c(N)c(N)c(N)c1N. The van der Waals surface area contributed by atoms with E-state index in [-0.39, 0.29) is 34.1 Å². The number of hydrogen-bond acceptors (Lipinski definition) is 7. The van der Waals surface area contributed by atoms with Crippen molar-refractivity contribution in [3.8, 4) is 0 Å². The number of carbonyl (C=O) groups excluding carboxylic acids is 1. The minimum Gasteiger partial charge on any atom is -0.444 e. The van der Waals surface area contributed by atoms with Gasteiger partial charge in [-0.1, -0.05) is 0 Å². The van der Waals surface area contributed by atoms with Crippen molar-refractivity contribution < 1.29 is 9.53 Å². The third-order valence-electron chi connectivity index (χ3n) is 2.33. The van der Waals surface area contributed by atoms with E-state index in [0.29, 0.717) is 0 Å². The van der Waals surface area contributed by atoms with Gasteiger partial charge in [0.15, 0.2) is 0 Å². The summed E-state index contributed by atoms with van der Waals surface area (Å²) in [6.07, 6.45) is -0.713. The van der Waals surface area contributed by atoms with Crippen LogP contribution < -0.4 is 34.0 Å². The standard InChI is InChI=1S/C11H20N6O2/c1-11(2,3)19-10(18)17-9-7(15)5(13)4(12)6(14)8(9)16/h12-16H2,1-3H3,(H,17,18). The maximum absolute atomic E-state index is 11.7. The third kappa shape index (κ3) is 3.03. The first-order valence-electron chi connectivity index (χ1n) is 5.56. The van der Waals surface area contributed by atoms with E-state index in [4.69, 9.17) is 33.4 Å². The number of ether oxygens (including phenoxy) is 1. The Kier molecular flexibility index (Phi) is 3.55. The second-order valence-corrected chi connectivity index (χ2v) is 5.07. The fourth-order valence-corrected chi connectivity index (χ4v) is 1.39.